The van der Waals surface area contributed by atoms with Crippen LogP contribution in [0.3, 0.4) is 0 Å². The van der Waals surface area contributed by atoms with E-state index in [4.69, 9.17) is 9.47 Å². The summed E-state index contributed by atoms with van der Waals surface area (Å²) in [5, 5.41) is 9.78. The molecule has 1 heterocycles. The number of hydrogen-bond donors (Lipinski definition) is 1. The number of halogens is 1. The van der Waals surface area contributed by atoms with Crippen molar-refractivity contribution in [3.63, 3.8) is 0 Å². The quantitative estimate of drug-likeness (QED) is 0.455. The van der Waals surface area contributed by atoms with Gasteiger partial charge in [0.25, 0.3) is 0 Å². The molecule has 0 radical (unpaired) electrons. The Morgan fingerprint density at radius 1 is 1.06 bits per heavy atom. The average Bonchev–Trinajstić information content (AvgIpc) is 2.78. The molecule has 0 aromatic heterocycles. The van der Waals surface area contributed by atoms with Crippen molar-refractivity contribution in [2.24, 2.45) is 5.92 Å². The largest absolute Gasteiger partial charge is 0.508 e. The lowest BCUT2D eigenvalue weighted by Gasteiger charge is -2.33. The lowest BCUT2D eigenvalue weighted by atomic mass is 9.86. The van der Waals surface area contributed by atoms with E-state index in [-0.39, 0.29) is 29.5 Å². The van der Waals surface area contributed by atoms with Crippen LogP contribution in [0.1, 0.15) is 32.4 Å². The van der Waals surface area contributed by atoms with Gasteiger partial charge < -0.3 is 14.6 Å². The molecule has 0 spiro atoms. The predicted molar refractivity (Wildman–Crippen MR) is 112 cm³/mol. The fourth-order valence-electron chi connectivity index (χ4n) is 3.54. The smallest absolute Gasteiger partial charge is 0.185 e. The van der Waals surface area contributed by atoms with Crippen LogP contribution < -0.4 is 9.47 Å². The average molecular weight is 418 g/mol. The Bertz CT molecular complexity index is 1150. The molecule has 4 rings (SSSR count). The lowest BCUT2D eigenvalue weighted by Crippen LogP contribution is -2.35. The molecule has 3 aromatic carbocycles. The van der Waals surface area contributed by atoms with Gasteiger partial charge in [0.1, 0.15) is 35.8 Å². The van der Waals surface area contributed by atoms with E-state index in [1.54, 1.807) is 36.4 Å². The first-order valence-corrected chi connectivity index (χ1v) is 9.65. The molecule has 0 saturated carbocycles. The highest BCUT2D eigenvalue weighted by Gasteiger charge is 2.38. The second-order valence-corrected chi connectivity index (χ2v) is 7.15. The minimum Gasteiger partial charge on any atom is -0.508 e. The van der Waals surface area contributed by atoms with Gasteiger partial charge >= 0.3 is 0 Å². The highest BCUT2D eigenvalue weighted by Crippen LogP contribution is 2.41. The van der Waals surface area contributed by atoms with Gasteiger partial charge in [0, 0.05) is 22.8 Å². The SMILES string of the molecule is C=CC(=O)c1ccc(OC2c3ccc(O)cc3OCC2C(=O)c2cccc(F)c2)cc1. The molecule has 0 aliphatic carbocycles. The first-order chi connectivity index (χ1) is 15.0. The fraction of sp³-hybridized carbons (Fsp3) is 0.120. The topological polar surface area (TPSA) is 72.8 Å². The molecule has 0 bridgehead atoms. The Morgan fingerprint density at radius 2 is 1.84 bits per heavy atom. The molecule has 156 valence electrons. The Morgan fingerprint density at radius 3 is 2.55 bits per heavy atom. The van der Waals surface area contributed by atoms with E-state index in [1.807, 2.05) is 0 Å². The summed E-state index contributed by atoms with van der Waals surface area (Å²) < 4.78 is 25.6. The molecule has 2 unspecified atom stereocenters. The monoisotopic (exact) mass is 418 g/mol. The number of ketones is 2. The molecular formula is C25H19FO5. The van der Waals surface area contributed by atoms with Gasteiger partial charge in [-0.3, -0.25) is 9.59 Å². The van der Waals surface area contributed by atoms with Crippen molar-refractivity contribution in [2.45, 2.75) is 6.10 Å². The highest BCUT2D eigenvalue weighted by molar-refractivity contribution is 6.04. The zero-order chi connectivity index (χ0) is 22.0. The first kappa shape index (κ1) is 20.3. The number of Topliss-reactive ketones (excluding diaryl/α,β-unsaturated/α-hetero) is 1. The molecular weight excluding hydrogens is 399 g/mol. The van der Waals surface area contributed by atoms with Crippen molar-refractivity contribution in [3.05, 3.63) is 102 Å². The Balaban J connectivity index is 1.69. The molecule has 5 nitrogen and oxygen atoms in total. The zero-order valence-corrected chi connectivity index (χ0v) is 16.5. The first-order valence-electron chi connectivity index (χ1n) is 9.65. The number of hydrogen-bond acceptors (Lipinski definition) is 5. The van der Waals surface area contributed by atoms with Crippen molar-refractivity contribution >= 4 is 11.6 Å². The maximum atomic E-state index is 13.7. The number of aromatic hydroxyl groups is 1. The summed E-state index contributed by atoms with van der Waals surface area (Å²) in [5.41, 5.74) is 1.27. The minimum absolute atomic E-state index is 0.00347. The van der Waals surface area contributed by atoms with Crippen LogP contribution in [0, 0.1) is 11.7 Å². The Kier molecular flexibility index (Phi) is 5.54. The van der Waals surface area contributed by atoms with Crippen LogP contribution in [0.2, 0.25) is 0 Å². The Labute approximate surface area is 178 Å². The Hall–Kier alpha value is -3.93. The number of ether oxygens (including phenoxy) is 2. The van der Waals surface area contributed by atoms with E-state index in [0.29, 0.717) is 22.6 Å². The molecule has 6 heteroatoms. The third-order valence-electron chi connectivity index (χ3n) is 5.12. The molecule has 0 amide bonds. The van der Waals surface area contributed by atoms with E-state index < -0.39 is 17.8 Å². The second-order valence-electron chi connectivity index (χ2n) is 7.15. The molecule has 1 aliphatic heterocycles. The van der Waals surface area contributed by atoms with Gasteiger partial charge in [0.15, 0.2) is 11.6 Å². The third kappa shape index (κ3) is 4.19. The van der Waals surface area contributed by atoms with Crippen LogP contribution in [-0.4, -0.2) is 23.3 Å². The standard InChI is InChI=1S/C25H19FO5/c1-2-22(28)15-6-9-19(10-7-15)31-25-20-11-8-18(27)13-23(20)30-14-21(25)24(29)16-4-3-5-17(26)12-16/h2-13,21,25,27H,1,14H2. The number of fused-ring (bicyclic) bond motifs is 1. The van der Waals surface area contributed by atoms with Crippen molar-refractivity contribution in [2.75, 3.05) is 6.61 Å². The van der Waals surface area contributed by atoms with Gasteiger partial charge in [-0.25, -0.2) is 4.39 Å². The van der Waals surface area contributed by atoms with Gasteiger partial charge in [0.2, 0.25) is 0 Å². The second kappa shape index (κ2) is 8.44. The summed E-state index contributed by atoms with van der Waals surface area (Å²) in [6.45, 7) is 3.47. The summed E-state index contributed by atoms with van der Waals surface area (Å²) in [4.78, 5) is 24.9. The van der Waals surface area contributed by atoms with Crippen LogP contribution in [0.25, 0.3) is 0 Å². The summed E-state index contributed by atoms with van der Waals surface area (Å²) in [5.74, 6) is -0.893. The third-order valence-corrected chi connectivity index (χ3v) is 5.12. The van der Waals surface area contributed by atoms with E-state index in [1.165, 1.54) is 36.4 Å². The normalized spacial score (nSPS) is 17.2. The van der Waals surface area contributed by atoms with E-state index in [0.717, 1.165) is 0 Å². The highest BCUT2D eigenvalue weighted by atomic mass is 19.1. The maximum absolute atomic E-state index is 13.7. The molecule has 3 aromatic rings. The number of rotatable bonds is 6. The molecule has 31 heavy (non-hydrogen) atoms. The predicted octanol–water partition coefficient (Wildman–Crippen LogP) is 4.91. The summed E-state index contributed by atoms with van der Waals surface area (Å²) in [7, 11) is 0. The van der Waals surface area contributed by atoms with Gasteiger partial charge in [-0.2, -0.15) is 0 Å². The fourth-order valence-corrected chi connectivity index (χ4v) is 3.54. The van der Waals surface area contributed by atoms with Gasteiger partial charge in [0.05, 0.1) is 5.92 Å². The van der Waals surface area contributed by atoms with Crippen LogP contribution >= 0.6 is 0 Å². The number of phenols is 1. The summed E-state index contributed by atoms with van der Waals surface area (Å²) in [6.07, 6.45) is 0.492. The molecule has 2 atom stereocenters. The van der Waals surface area contributed by atoms with Gasteiger partial charge in [-0.15, -0.1) is 0 Å². The van der Waals surface area contributed by atoms with E-state index in [9.17, 15) is 19.1 Å². The molecule has 1 aliphatic rings. The molecule has 0 saturated heterocycles. The number of carbonyl (C=O) groups excluding carboxylic acids is 2. The minimum atomic E-state index is -0.742. The lowest BCUT2D eigenvalue weighted by molar-refractivity contribution is 0.0516. The summed E-state index contributed by atoms with van der Waals surface area (Å²) >= 11 is 0. The number of benzene rings is 3. The van der Waals surface area contributed by atoms with Gasteiger partial charge in [-0.05, 0) is 54.6 Å². The maximum Gasteiger partial charge on any atom is 0.185 e. The van der Waals surface area contributed by atoms with E-state index in [2.05, 4.69) is 6.58 Å². The number of phenolic OH excluding ortho intramolecular Hbond substituents is 1. The van der Waals surface area contributed by atoms with Gasteiger partial charge in [-0.1, -0.05) is 18.7 Å². The van der Waals surface area contributed by atoms with Crippen LogP contribution in [0.5, 0.6) is 17.2 Å². The van der Waals surface area contributed by atoms with Crippen LogP contribution in [0.4, 0.5) is 4.39 Å². The van der Waals surface area contributed by atoms with Crippen molar-refractivity contribution in [1.29, 1.82) is 0 Å². The van der Waals surface area contributed by atoms with Crippen LogP contribution in [0.15, 0.2) is 79.4 Å². The number of carbonyl (C=O) groups is 2. The molecule has 1 N–H and O–H groups in total. The molecule has 0 fully saturated rings. The van der Waals surface area contributed by atoms with Crippen molar-refractivity contribution < 1.29 is 28.6 Å². The number of allylic oxidation sites excluding steroid dienone is 1. The van der Waals surface area contributed by atoms with Crippen molar-refractivity contribution in [1.82, 2.24) is 0 Å². The van der Waals surface area contributed by atoms with Crippen molar-refractivity contribution in [3.8, 4) is 17.2 Å². The zero-order valence-electron chi connectivity index (χ0n) is 16.5. The van der Waals surface area contributed by atoms with E-state index >= 15 is 0 Å². The van der Waals surface area contributed by atoms with Crippen LogP contribution in [-0.2, 0) is 0 Å². The summed E-state index contributed by atoms with van der Waals surface area (Å²) in [6, 6.07) is 16.5.